The number of aliphatic hydroxyl groups is 1. The highest BCUT2D eigenvalue weighted by atomic mass is 19.1. The average molecular weight is 340 g/mol. The minimum atomic E-state index is -0.643. The van der Waals surface area contributed by atoms with Gasteiger partial charge in [0, 0.05) is 18.7 Å². The van der Waals surface area contributed by atoms with E-state index in [0.29, 0.717) is 30.8 Å². The number of aliphatic hydroxyl groups excluding tert-OH is 1. The smallest absolute Gasteiger partial charge is 0.253 e. The van der Waals surface area contributed by atoms with Crippen LogP contribution in [-0.2, 0) is 0 Å². The molecular formula is C19H17FN2O3. The van der Waals surface area contributed by atoms with Gasteiger partial charge in [-0.25, -0.2) is 4.39 Å². The van der Waals surface area contributed by atoms with Crippen LogP contribution in [0.5, 0.6) is 11.5 Å². The summed E-state index contributed by atoms with van der Waals surface area (Å²) in [6.45, 7) is 0.967. The van der Waals surface area contributed by atoms with Gasteiger partial charge in [0.15, 0.2) is 0 Å². The lowest BCUT2D eigenvalue weighted by Gasteiger charge is -2.30. The lowest BCUT2D eigenvalue weighted by Crippen LogP contribution is -2.42. The first-order valence-electron chi connectivity index (χ1n) is 8.02. The summed E-state index contributed by atoms with van der Waals surface area (Å²) < 4.78 is 19.1. The van der Waals surface area contributed by atoms with Gasteiger partial charge in [-0.15, -0.1) is 0 Å². The van der Waals surface area contributed by atoms with Crippen molar-refractivity contribution in [1.29, 1.82) is 5.26 Å². The number of ether oxygens (including phenoxy) is 1. The maximum Gasteiger partial charge on any atom is 0.253 e. The molecule has 5 nitrogen and oxygen atoms in total. The molecule has 1 aliphatic rings. The van der Waals surface area contributed by atoms with Gasteiger partial charge in [-0.05, 0) is 49.2 Å². The monoisotopic (exact) mass is 340 g/mol. The lowest BCUT2D eigenvalue weighted by atomic mass is 10.1. The van der Waals surface area contributed by atoms with Crippen molar-refractivity contribution in [2.24, 2.45) is 0 Å². The van der Waals surface area contributed by atoms with Crippen LogP contribution in [0, 0.1) is 17.1 Å². The van der Waals surface area contributed by atoms with Crippen LogP contribution in [0.15, 0.2) is 42.5 Å². The molecule has 1 aliphatic heterocycles. The topological polar surface area (TPSA) is 73.6 Å². The zero-order valence-electron chi connectivity index (χ0n) is 13.5. The van der Waals surface area contributed by atoms with E-state index in [1.54, 1.807) is 35.2 Å². The molecule has 0 aliphatic carbocycles. The fraction of sp³-hybridized carbons (Fsp3) is 0.263. The Hall–Kier alpha value is -2.91. The highest BCUT2D eigenvalue weighted by Crippen LogP contribution is 2.27. The number of hydrogen-bond donors (Lipinski definition) is 1. The molecule has 128 valence electrons. The fourth-order valence-corrected chi connectivity index (χ4v) is 2.81. The van der Waals surface area contributed by atoms with Crippen molar-refractivity contribution in [3.05, 3.63) is 59.4 Å². The molecule has 1 atom stereocenters. The number of carbonyl (C=O) groups excluding carboxylic acids is 1. The lowest BCUT2D eigenvalue weighted by molar-refractivity contribution is 0.0474. The third-order valence-electron chi connectivity index (χ3n) is 4.10. The zero-order chi connectivity index (χ0) is 17.8. The van der Waals surface area contributed by atoms with E-state index in [-0.39, 0.29) is 17.2 Å². The molecule has 2 aromatic carbocycles. The van der Waals surface area contributed by atoms with Crippen LogP contribution in [0.25, 0.3) is 0 Å². The minimum absolute atomic E-state index is 0.126. The van der Waals surface area contributed by atoms with Crippen molar-refractivity contribution in [3.8, 4) is 17.6 Å². The molecule has 1 amide bonds. The molecule has 0 unspecified atom stereocenters. The van der Waals surface area contributed by atoms with Crippen LogP contribution in [0.3, 0.4) is 0 Å². The maximum atomic E-state index is 13.6. The van der Waals surface area contributed by atoms with E-state index < -0.39 is 11.9 Å². The molecule has 0 saturated carbocycles. The maximum absolute atomic E-state index is 13.6. The van der Waals surface area contributed by atoms with E-state index in [9.17, 15) is 14.3 Å². The number of benzene rings is 2. The SMILES string of the molecule is N#Cc1c(F)cccc1Oc1ccc(C(=O)N2CCC[C@H](O)C2)cc1. The summed E-state index contributed by atoms with van der Waals surface area (Å²) in [5.74, 6) is -0.262. The van der Waals surface area contributed by atoms with Gasteiger partial charge >= 0.3 is 0 Å². The summed E-state index contributed by atoms with van der Waals surface area (Å²) >= 11 is 0. The van der Waals surface area contributed by atoms with Crippen molar-refractivity contribution in [3.63, 3.8) is 0 Å². The molecule has 1 fully saturated rings. The Balaban J connectivity index is 1.74. The molecule has 0 aromatic heterocycles. The molecular weight excluding hydrogens is 323 g/mol. The molecule has 0 spiro atoms. The van der Waals surface area contributed by atoms with E-state index >= 15 is 0 Å². The molecule has 2 aromatic rings. The Kier molecular flexibility index (Phi) is 4.96. The van der Waals surface area contributed by atoms with E-state index in [1.807, 2.05) is 0 Å². The standard InChI is InChI=1S/C19H17FN2O3/c20-17-4-1-5-18(16(17)11-21)25-15-8-6-13(7-9-15)19(24)22-10-2-3-14(23)12-22/h1,4-9,14,23H,2-3,10,12H2/t14-/m0/s1. The number of carbonyl (C=O) groups is 1. The summed E-state index contributed by atoms with van der Waals surface area (Å²) in [6, 6.07) is 12.4. The number of likely N-dealkylation sites (tertiary alicyclic amines) is 1. The quantitative estimate of drug-likeness (QED) is 0.932. The van der Waals surface area contributed by atoms with Crippen LogP contribution >= 0.6 is 0 Å². The number of nitrogens with zero attached hydrogens (tertiary/aromatic N) is 2. The Morgan fingerprint density at radius 1 is 1.28 bits per heavy atom. The number of β-amino-alcohol motifs (C(OH)–C–C–N with tert-alkyl or cyclic N) is 1. The van der Waals surface area contributed by atoms with E-state index in [1.165, 1.54) is 18.2 Å². The highest BCUT2D eigenvalue weighted by Gasteiger charge is 2.23. The summed E-state index contributed by atoms with van der Waals surface area (Å²) in [5, 5.41) is 18.7. The second kappa shape index (κ2) is 7.32. The Bertz CT molecular complexity index is 814. The first-order chi connectivity index (χ1) is 12.1. The minimum Gasteiger partial charge on any atom is -0.456 e. The third-order valence-corrected chi connectivity index (χ3v) is 4.10. The van der Waals surface area contributed by atoms with Gasteiger partial charge in [-0.3, -0.25) is 4.79 Å². The molecule has 1 saturated heterocycles. The second-order valence-electron chi connectivity index (χ2n) is 5.90. The third kappa shape index (κ3) is 3.78. The van der Waals surface area contributed by atoms with Crippen LogP contribution in [-0.4, -0.2) is 35.1 Å². The summed E-state index contributed by atoms with van der Waals surface area (Å²) in [4.78, 5) is 14.1. The van der Waals surface area contributed by atoms with Crippen molar-refractivity contribution < 1.29 is 19.0 Å². The van der Waals surface area contributed by atoms with E-state index in [4.69, 9.17) is 10.00 Å². The Morgan fingerprint density at radius 2 is 2.04 bits per heavy atom. The predicted octanol–water partition coefficient (Wildman–Crippen LogP) is 3.09. The van der Waals surface area contributed by atoms with E-state index in [2.05, 4.69) is 0 Å². The first kappa shape index (κ1) is 16.9. The number of piperidine rings is 1. The molecule has 6 heteroatoms. The van der Waals surface area contributed by atoms with Crippen molar-refractivity contribution in [1.82, 2.24) is 4.90 Å². The van der Waals surface area contributed by atoms with Crippen LogP contribution in [0.1, 0.15) is 28.8 Å². The van der Waals surface area contributed by atoms with Gasteiger partial charge < -0.3 is 14.7 Å². The molecule has 0 radical (unpaired) electrons. The number of rotatable bonds is 3. The Labute approximate surface area is 144 Å². The molecule has 3 rings (SSSR count). The Morgan fingerprint density at radius 3 is 2.72 bits per heavy atom. The summed E-state index contributed by atoms with van der Waals surface area (Å²) in [6.07, 6.45) is 1.02. The molecule has 25 heavy (non-hydrogen) atoms. The number of halogens is 1. The second-order valence-corrected chi connectivity index (χ2v) is 5.90. The highest BCUT2D eigenvalue weighted by molar-refractivity contribution is 5.94. The van der Waals surface area contributed by atoms with Crippen molar-refractivity contribution >= 4 is 5.91 Å². The van der Waals surface area contributed by atoms with Crippen LogP contribution in [0.2, 0.25) is 0 Å². The van der Waals surface area contributed by atoms with Crippen LogP contribution in [0.4, 0.5) is 4.39 Å². The van der Waals surface area contributed by atoms with E-state index in [0.717, 1.165) is 6.42 Å². The van der Waals surface area contributed by atoms with Crippen molar-refractivity contribution in [2.75, 3.05) is 13.1 Å². The normalized spacial score (nSPS) is 17.0. The van der Waals surface area contributed by atoms with Gasteiger partial charge in [0.05, 0.1) is 6.10 Å². The number of hydrogen-bond acceptors (Lipinski definition) is 4. The largest absolute Gasteiger partial charge is 0.456 e. The average Bonchev–Trinajstić information content (AvgIpc) is 2.62. The van der Waals surface area contributed by atoms with Gasteiger partial charge in [0.25, 0.3) is 5.91 Å². The van der Waals surface area contributed by atoms with Crippen LogP contribution < -0.4 is 4.74 Å². The van der Waals surface area contributed by atoms with Gasteiger partial charge in [0.1, 0.15) is 28.9 Å². The number of amides is 1. The number of nitriles is 1. The fourth-order valence-electron chi connectivity index (χ4n) is 2.81. The molecule has 0 bridgehead atoms. The van der Waals surface area contributed by atoms with Gasteiger partial charge in [-0.2, -0.15) is 5.26 Å². The molecule has 1 N–H and O–H groups in total. The van der Waals surface area contributed by atoms with Gasteiger partial charge in [0.2, 0.25) is 0 Å². The summed E-state index contributed by atoms with van der Waals surface area (Å²) in [5.41, 5.74) is 0.325. The predicted molar refractivity (Wildman–Crippen MR) is 88.8 cm³/mol. The van der Waals surface area contributed by atoms with Crippen molar-refractivity contribution in [2.45, 2.75) is 18.9 Å². The first-order valence-corrected chi connectivity index (χ1v) is 8.02. The zero-order valence-corrected chi connectivity index (χ0v) is 13.5. The molecule has 1 heterocycles. The summed E-state index contributed by atoms with van der Waals surface area (Å²) in [7, 11) is 0. The van der Waals surface area contributed by atoms with Gasteiger partial charge in [-0.1, -0.05) is 6.07 Å².